The second-order valence-corrected chi connectivity index (χ2v) is 2.16. The summed E-state index contributed by atoms with van der Waals surface area (Å²) in [6, 6.07) is 0. The van der Waals surface area contributed by atoms with E-state index in [1.165, 1.54) is 6.92 Å². The molecule has 0 aromatic rings. The van der Waals surface area contributed by atoms with E-state index in [4.69, 9.17) is 0 Å². The van der Waals surface area contributed by atoms with E-state index in [0.29, 0.717) is 0 Å². The Morgan fingerprint density at radius 1 is 1.33 bits per heavy atom. The molecule has 7 heteroatoms. The Bertz CT molecular complexity index is 201. The quantitative estimate of drug-likeness (QED) is 0.473. The van der Waals surface area contributed by atoms with Crippen LogP contribution in [0.5, 0.6) is 0 Å². The van der Waals surface area contributed by atoms with E-state index < -0.39 is 11.4 Å². The molecule has 0 aromatic carbocycles. The summed E-state index contributed by atoms with van der Waals surface area (Å²) < 4.78 is 0. The summed E-state index contributed by atoms with van der Waals surface area (Å²) in [5.41, 5.74) is -1.74. The van der Waals surface area contributed by atoms with Crippen molar-refractivity contribution in [3.8, 4) is 0 Å². The molecular formula is C5H8N4O3-2. The van der Waals surface area contributed by atoms with E-state index >= 15 is 0 Å². The van der Waals surface area contributed by atoms with Crippen LogP contribution < -0.4 is 0 Å². The predicted octanol–water partition coefficient (Wildman–Crippen LogP) is 1.58. The van der Waals surface area contributed by atoms with Crippen molar-refractivity contribution in [1.82, 2.24) is 0 Å². The molecule has 7 nitrogen and oxygen atoms in total. The van der Waals surface area contributed by atoms with E-state index in [1.54, 1.807) is 6.92 Å². The van der Waals surface area contributed by atoms with E-state index in [0.717, 1.165) is 0 Å². The van der Waals surface area contributed by atoms with Crippen molar-refractivity contribution in [2.24, 2.45) is 20.8 Å². The summed E-state index contributed by atoms with van der Waals surface area (Å²) in [4.78, 5) is 11.0. The minimum absolute atomic E-state index is 0.106. The van der Waals surface area contributed by atoms with E-state index in [2.05, 4.69) is 20.8 Å². The molecule has 0 amide bonds. The Hall–Kier alpha value is -1.53. The fourth-order valence-corrected chi connectivity index (χ4v) is 0.625. The zero-order valence-electron chi connectivity index (χ0n) is 6.72. The molecule has 0 aliphatic heterocycles. The number of carbonyl (C=O) groups excluding carboxylic acids is 1. The maximum absolute atomic E-state index is 11.0. The molecule has 0 saturated heterocycles. The Morgan fingerprint density at radius 3 is 2.00 bits per heavy atom. The Kier molecular flexibility index (Phi) is 3.81. The first-order valence-electron chi connectivity index (χ1n) is 3.23. The van der Waals surface area contributed by atoms with E-state index in [-0.39, 0.29) is 6.42 Å². The molecule has 0 radical (unpaired) electrons. The van der Waals surface area contributed by atoms with E-state index in [9.17, 15) is 15.2 Å². The molecule has 0 heterocycles. The first kappa shape index (κ1) is 10.5. The lowest BCUT2D eigenvalue weighted by molar-refractivity contribution is -0.123. The summed E-state index contributed by atoms with van der Waals surface area (Å²) >= 11 is 0. The molecule has 12 heavy (non-hydrogen) atoms. The molecule has 0 fully saturated rings. The molecule has 0 rings (SSSR count). The molecule has 0 unspecified atom stereocenters. The highest BCUT2D eigenvalue weighted by molar-refractivity contribution is 5.87. The molecular weight excluding hydrogens is 164 g/mol. The third kappa shape index (κ3) is 2.26. The monoisotopic (exact) mass is 172 g/mol. The smallest absolute Gasteiger partial charge is 0.244 e. The highest BCUT2D eigenvalue weighted by Gasteiger charge is 2.30. The average molecular weight is 172 g/mol. The van der Waals surface area contributed by atoms with Gasteiger partial charge in [0.05, 0.1) is 0 Å². The number of carbonyl (C=O) groups is 1. The Labute approximate surface area is 68.8 Å². The third-order valence-electron chi connectivity index (χ3n) is 1.32. The average Bonchev–Trinajstić information content (AvgIpc) is 2.04. The fraction of sp³-hybridized carbons (Fsp3) is 0.800. The second kappa shape index (κ2) is 4.37. The van der Waals surface area contributed by atoms with Crippen molar-refractivity contribution < 1.29 is 4.79 Å². The number of nitrogens with zero attached hydrogens (tertiary/aromatic N) is 4. The molecule has 68 valence electrons. The van der Waals surface area contributed by atoms with Gasteiger partial charge in [0.15, 0.2) is 5.78 Å². The molecule has 0 N–H and O–H groups in total. The van der Waals surface area contributed by atoms with Crippen molar-refractivity contribution in [2.75, 3.05) is 0 Å². The number of Topliss-reactive ketones (excluding diaryl/α,β-unsaturated/α-hetero) is 1. The van der Waals surface area contributed by atoms with Crippen LogP contribution in [0.3, 0.4) is 0 Å². The van der Waals surface area contributed by atoms with Crippen molar-refractivity contribution in [3.05, 3.63) is 10.4 Å². The van der Waals surface area contributed by atoms with Gasteiger partial charge in [0.1, 0.15) is 0 Å². The van der Waals surface area contributed by atoms with Crippen molar-refractivity contribution in [3.63, 3.8) is 0 Å². The van der Waals surface area contributed by atoms with Crippen molar-refractivity contribution in [2.45, 2.75) is 25.9 Å². The number of hydrogen-bond acceptors (Lipinski definition) is 7. The van der Waals surface area contributed by atoms with Gasteiger partial charge in [-0.2, -0.15) is 10.2 Å². The van der Waals surface area contributed by atoms with Gasteiger partial charge in [0, 0.05) is 6.42 Å². The van der Waals surface area contributed by atoms with Gasteiger partial charge in [0.25, 0.3) is 0 Å². The molecule has 0 spiro atoms. The summed E-state index contributed by atoms with van der Waals surface area (Å²) in [6.07, 6.45) is 0.106. The van der Waals surface area contributed by atoms with Crippen molar-refractivity contribution >= 4 is 5.78 Å². The van der Waals surface area contributed by atoms with Crippen LogP contribution in [0.2, 0.25) is 0 Å². The van der Waals surface area contributed by atoms with Gasteiger partial charge in [-0.1, -0.05) is 6.92 Å². The Balaban J connectivity index is 4.72. The maximum atomic E-state index is 11.0. The summed E-state index contributed by atoms with van der Waals surface area (Å²) in [5, 5.41) is 29.8. The van der Waals surface area contributed by atoms with Gasteiger partial charge in [-0.05, 0) is 6.92 Å². The van der Waals surface area contributed by atoms with Crippen molar-refractivity contribution in [1.29, 1.82) is 0 Å². The molecule has 0 saturated carbocycles. The van der Waals surface area contributed by atoms with Crippen LogP contribution in [-0.2, 0) is 4.79 Å². The summed E-state index contributed by atoms with van der Waals surface area (Å²) in [5.74, 6) is -0.485. The zero-order chi connectivity index (χ0) is 9.61. The van der Waals surface area contributed by atoms with Crippen LogP contribution in [0.1, 0.15) is 20.3 Å². The van der Waals surface area contributed by atoms with Crippen LogP contribution in [0.25, 0.3) is 0 Å². The highest BCUT2D eigenvalue weighted by Crippen LogP contribution is 2.16. The first-order chi connectivity index (χ1) is 5.60. The fourth-order valence-electron chi connectivity index (χ4n) is 0.625. The number of hydrogen-bond donors (Lipinski definition) is 0. The molecule has 0 atom stereocenters. The van der Waals surface area contributed by atoms with Crippen LogP contribution in [0.4, 0.5) is 0 Å². The molecule has 0 aliphatic rings. The second-order valence-electron chi connectivity index (χ2n) is 2.16. The molecule has 0 aliphatic carbocycles. The Morgan fingerprint density at radius 2 is 1.75 bits per heavy atom. The maximum Gasteiger partial charge on any atom is 0.244 e. The van der Waals surface area contributed by atoms with Crippen LogP contribution >= 0.6 is 0 Å². The first-order valence-corrected chi connectivity index (χ1v) is 3.23. The molecule has 0 aromatic heterocycles. The van der Waals surface area contributed by atoms with Gasteiger partial charge >= 0.3 is 0 Å². The SMILES string of the molecule is CCC(=O)C(C)(/N=N/[O-])/N=N/[O-]. The summed E-state index contributed by atoms with van der Waals surface area (Å²) in [7, 11) is 0. The normalized spacial score (nSPS) is 12.8. The number of ketones is 1. The minimum Gasteiger partial charge on any atom is -0.775 e. The van der Waals surface area contributed by atoms with Crippen LogP contribution in [0.15, 0.2) is 20.8 Å². The standard InChI is InChI=1S/C5H10N4O3/c1-3-4(10)5(2,6-8-11)7-9-12/h3H2,1-2H3,(H,6,11)(H,7,12)/p-2. The van der Waals surface area contributed by atoms with Gasteiger partial charge in [-0.3, -0.25) is 4.79 Å². The van der Waals surface area contributed by atoms with E-state index in [1.807, 2.05) is 0 Å². The number of rotatable bonds is 4. The largest absolute Gasteiger partial charge is 0.775 e. The lowest BCUT2D eigenvalue weighted by atomic mass is 10.1. The predicted molar refractivity (Wildman–Crippen MR) is 40.1 cm³/mol. The lowest BCUT2D eigenvalue weighted by Gasteiger charge is -2.16. The van der Waals surface area contributed by atoms with Gasteiger partial charge in [-0.25, -0.2) is 10.6 Å². The highest BCUT2D eigenvalue weighted by atomic mass is 16.5. The van der Waals surface area contributed by atoms with Gasteiger partial charge < -0.3 is 10.4 Å². The van der Waals surface area contributed by atoms with Crippen LogP contribution in [-0.4, -0.2) is 11.4 Å². The topological polar surface area (TPSA) is 113 Å². The minimum atomic E-state index is -1.74. The third-order valence-corrected chi connectivity index (χ3v) is 1.32. The summed E-state index contributed by atoms with van der Waals surface area (Å²) in [6.45, 7) is 2.75. The molecule has 0 bridgehead atoms. The van der Waals surface area contributed by atoms with Crippen LogP contribution in [0, 0.1) is 10.4 Å². The van der Waals surface area contributed by atoms with Gasteiger partial charge in [0.2, 0.25) is 5.66 Å². The van der Waals surface area contributed by atoms with Gasteiger partial charge in [-0.15, -0.1) is 0 Å². The zero-order valence-corrected chi connectivity index (χ0v) is 6.72. The lowest BCUT2D eigenvalue weighted by Crippen LogP contribution is -2.29.